The number of phenolic OH excluding ortho intramolecular Hbond substituents is 1. The second-order valence-corrected chi connectivity index (χ2v) is 8.71. The van der Waals surface area contributed by atoms with Crippen molar-refractivity contribution >= 4 is 33.4 Å². The number of aromatic nitrogens is 1. The minimum atomic E-state index is -2.27. The van der Waals surface area contributed by atoms with E-state index in [1.54, 1.807) is 18.3 Å². The van der Waals surface area contributed by atoms with Crippen LogP contribution in [0.1, 0.15) is 5.56 Å². The zero-order valence-corrected chi connectivity index (χ0v) is 18.7. The van der Waals surface area contributed by atoms with E-state index in [9.17, 15) is 13.9 Å². The van der Waals surface area contributed by atoms with Crippen LogP contribution in [0.2, 0.25) is 0 Å². The molecule has 0 spiro atoms. The molecule has 4 rings (SSSR count). The fourth-order valence-corrected chi connectivity index (χ4v) is 4.29. The lowest BCUT2D eigenvalue weighted by Gasteiger charge is -2.31. The molecule has 0 fully saturated rings. The monoisotopic (exact) mass is 446 g/mol. The van der Waals surface area contributed by atoms with Crippen LogP contribution in [0.3, 0.4) is 0 Å². The normalized spacial score (nSPS) is 12.2. The molecule has 6 nitrogen and oxygen atoms in total. The van der Waals surface area contributed by atoms with E-state index in [0.717, 1.165) is 27.8 Å². The van der Waals surface area contributed by atoms with Crippen LogP contribution >= 0.6 is 0 Å². The number of hydrogen-bond donors (Lipinski definition) is 1. The summed E-state index contributed by atoms with van der Waals surface area (Å²) >= 11 is -2.27. The molecule has 4 aromatic rings. The number of pyridine rings is 1. The van der Waals surface area contributed by atoms with Crippen LogP contribution in [0.25, 0.3) is 22.0 Å². The van der Waals surface area contributed by atoms with Gasteiger partial charge in [-0.05, 0) is 50.0 Å². The highest BCUT2D eigenvalue weighted by Crippen LogP contribution is 2.38. The second-order valence-electron chi connectivity index (χ2n) is 7.81. The van der Waals surface area contributed by atoms with Gasteiger partial charge in [0.2, 0.25) is 0 Å². The Morgan fingerprint density at radius 1 is 1.00 bits per heavy atom. The van der Waals surface area contributed by atoms with Gasteiger partial charge in [0.15, 0.2) is 0 Å². The van der Waals surface area contributed by atoms with E-state index in [1.807, 2.05) is 79.7 Å². The van der Waals surface area contributed by atoms with Gasteiger partial charge in [0, 0.05) is 34.2 Å². The van der Waals surface area contributed by atoms with Crippen molar-refractivity contribution in [3.63, 3.8) is 0 Å². The molecule has 1 aromatic heterocycles. The molecule has 32 heavy (non-hydrogen) atoms. The van der Waals surface area contributed by atoms with E-state index >= 15 is 0 Å². The fourth-order valence-electron chi connectivity index (χ4n) is 3.83. The van der Waals surface area contributed by atoms with Crippen molar-refractivity contribution in [1.82, 2.24) is 9.88 Å². The Labute approximate surface area is 190 Å². The molecule has 1 N–H and O–H groups in total. The maximum absolute atomic E-state index is 11.7. The summed E-state index contributed by atoms with van der Waals surface area (Å²) in [7, 11) is 3.94. The van der Waals surface area contributed by atoms with Crippen LogP contribution in [-0.2, 0) is 16.8 Å². The molecular formula is C25H24N3O3S-. The molecule has 7 heteroatoms. The highest BCUT2D eigenvalue weighted by atomic mass is 32.2. The SMILES string of the molecule is CN(C)CN(c1ccccc1)c1c(CS(=O)[O-])cnc2ccc(-c3ccccc3O)cc12. The predicted molar refractivity (Wildman–Crippen MR) is 129 cm³/mol. The minimum Gasteiger partial charge on any atom is -0.772 e. The number of fused-ring (bicyclic) bond motifs is 1. The maximum Gasteiger partial charge on any atom is 0.123 e. The summed E-state index contributed by atoms with van der Waals surface area (Å²) < 4.78 is 23.4. The largest absolute Gasteiger partial charge is 0.772 e. The Kier molecular flexibility index (Phi) is 6.50. The summed E-state index contributed by atoms with van der Waals surface area (Å²) in [5.41, 5.74) is 4.63. The standard InChI is InChI=1S/C25H25N3O3S/c1-27(2)17-28(20-8-4-3-5-9-20)25-19(16-32(30)31)15-26-23-13-12-18(14-22(23)25)21-10-6-7-11-24(21)29/h3-15,29H,16-17H2,1-2H3,(H,30,31)/p-1. The molecule has 0 aliphatic rings. The fraction of sp³-hybridized carbons (Fsp3) is 0.160. The number of hydrogen-bond acceptors (Lipinski definition) is 6. The first-order chi connectivity index (χ1) is 15.4. The van der Waals surface area contributed by atoms with Crippen LogP contribution in [0.5, 0.6) is 5.75 Å². The predicted octanol–water partition coefficient (Wildman–Crippen LogP) is 4.64. The first-order valence-electron chi connectivity index (χ1n) is 10.2. The highest BCUT2D eigenvalue weighted by molar-refractivity contribution is 7.78. The van der Waals surface area contributed by atoms with E-state index < -0.39 is 11.1 Å². The molecule has 0 aliphatic carbocycles. The molecule has 0 amide bonds. The van der Waals surface area contributed by atoms with E-state index in [4.69, 9.17) is 0 Å². The number of para-hydroxylation sites is 2. The molecular weight excluding hydrogens is 422 g/mol. The number of aromatic hydroxyl groups is 1. The number of benzene rings is 3. The van der Waals surface area contributed by atoms with Crippen LogP contribution in [0.15, 0.2) is 79.0 Å². The van der Waals surface area contributed by atoms with Crippen molar-refractivity contribution < 1.29 is 13.9 Å². The number of nitrogens with zero attached hydrogens (tertiary/aromatic N) is 3. The van der Waals surface area contributed by atoms with Crippen LogP contribution in [-0.4, -0.2) is 44.5 Å². The minimum absolute atomic E-state index is 0.143. The van der Waals surface area contributed by atoms with Crippen molar-refractivity contribution in [2.75, 3.05) is 25.7 Å². The molecule has 0 saturated heterocycles. The van der Waals surface area contributed by atoms with Gasteiger partial charge in [-0.1, -0.05) is 53.5 Å². The second kappa shape index (κ2) is 9.48. The summed E-state index contributed by atoms with van der Waals surface area (Å²) in [4.78, 5) is 8.66. The van der Waals surface area contributed by atoms with Gasteiger partial charge in [-0.25, -0.2) is 0 Å². The van der Waals surface area contributed by atoms with Gasteiger partial charge in [-0.2, -0.15) is 0 Å². The van der Waals surface area contributed by atoms with Crippen LogP contribution in [0.4, 0.5) is 11.4 Å². The van der Waals surface area contributed by atoms with Crippen molar-refractivity contribution in [2.24, 2.45) is 0 Å². The van der Waals surface area contributed by atoms with E-state index in [2.05, 4.69) is 9.88 Å². The van der Waals surface area contributed by atoms with Gasteiger partial charge in [-0.3, -0.25) is 14.1 Å². The quantitative estimate of drug-likeness (QED) is 0.329. The topological polar surface area (TPSA) is 79.7 Å². The molecule has 3 aromatic carbocycles. The van der Waals surface area contributed by atoms with Crippen LogP contribution < -0.4 is 4.90 Å². The molecule has 1 heterocycles. The molecule has 0 saturated carbocycles. The third kappa shape index (κ3) is 4.65. The Balaban J connectivity index is 2.01. The molecule has 1 unspecified atom stereocenters. The van der Waals surface area contributed by atoms with E-state index in [1.165, 1.54) is 0 Å². The third-order valence-electron chi connectivity index (χ3n) is 5.17. The lowest BCUT2D eigenvalue weighted by Crippen LogP contribution is -2.30. The van der Waals surface area contributed by atoms with Gasteiger partial charge < -0.3 is 14.6 Å². The van der Waals surface area contributed by atoms with Gasteiger partial charge in [0.25, 0.3) is 0 Å². The number of rotatable bonds is 7. The molecule has 1 atom stereocenters. The number of anilines is 2. The lowest BCUT2D eigenvalue weighted by molar-refractivity contribution is 0.418. The number of phenols is 1. The Bertz CT molecular complexity index is 1260. The summed E-state index contributed by atoms with van der Waals surface area (Å²) in [6.45, 7) is 0.544. The average molecular weight is 447 g/mol. The van der Waals surface area contributed by atoms with Gasteiger partial charge in [-0.15, -0.1) is 0 Å². The molecule has 164 valence electrons. The zero-order chi connectivity index (χ0) is 22.7. The smallest absolute Gasteiger partial charge is 0.123 e. The Morgan fingerprint density at radius 2 is 1.72 bits per heavy atom. The Morgan fingerprint density at radius 3 is 2.41 bits per heavy atom. The van der Waals surface area contributed by atoms with Crippen LogP contribution in [0, 0.1) is 0 Å². The van der Waals surface area contributed by atoms with Gasteiger partial charge in [0.05, 0.1) is 17.9 Å². The summed E-state index contributed by atoms with van der Waals surface area (Å²) in [5, 5.41) is 11.2. The summed E-state index contributed by atoms with van der Waals surface area (Å²) in [6.07, 6.45) is 1.64. The zero-order valence-electron chi connectivity index (χ0n) is 17.9. The Hall–Kier alpha value is -3.26. The highest BCUT2D eigenvalue weighted by Gasteiger charge is 2.19. The van der Waals surface area contributed by atoms with Crippen molar-refractivity contribution in [3.05, 3.63) is 84.6 Å². The summed E-state index contributed by atoms with van der Waals surface area (Å²) in [5.74, 6) is 0.0435. The van der Waals surface area contributed by atoms with Gasteiger partial charge >= 0.3 is 0 Å². The average Bonchev–Trinajstić information content (AvgIpc) is 2.78. The van der Waals surface area contributed by atoms with E-state index in [0.29, 0.717) is 17.8 Å². The maximum atomic E-state index is 11.7. The van der Waals surface area contributed by atoms with E-state index in [-0.39, 0.29) is 11.5 Å². The van der Waals surface area contributed by atoms with Crippen molar-refractivity contribution in [2.45, 2.75) is 5.75 Å². The third-order valence-corrected chi connectivity index (χ3v) is 5.71. The van der Waals surface area contributed by atoms with Gasteiger partial charge in [0.1, 0.15) is 5.75 Å². The first kappa shape index (κ1) is 22.0. The molecule has 0 bridgehead atoms. The first-order valence-corrected chi connectivity index (χ1v) is 11.4. The molecule has 0 aliphatic heterocycles. The summed E-state index contributed by atoms with van der Waals surface area (Å²) in [6, 6.07) is 22.8. The van der Waals surface area contributed by atoms with Crippen molar-refractivity contribution in [1.29, 1.82) is 0 Å². The lowest BCUT2D eigenvalue weighted by atomic mass is 10.00. The molecule has 0 radical (unpaired) electrons. The van der Waals surface area contributed by atoms with Crippen molar-refractivity contribution in [3.8, 4) is 16.9 Å².